The number of pyridine rings is 1. The molecule has 0 aliphatic carbocycles. The maximum atomic E-state index is 13.4. The van der Waals surface area contributed by atoms with Gasteiger partial charge in [0, 0.05) is 12.4 Å². The summed E-state index contributed by atoms with van der Waals surface area (Å²) in [7, 11) is 0. The minimum Gasteiger partial charge on any atom is -0.454 e. The number of aryl methyl sites for hydroxylation is 2. The van der Waals surface area contributed by atoms with E-state index in [4.69, 9.17) is 14.5 Å². The molecule has 5 rings (SSSR count). The molecule has 31 heavy (non-hydrogen) atoms. The molecule has 3 heterocycles. The van der Waals surface area contributed by atoms with Crippen LogP contribution in [0.3, 0.4) is 0 Å². The van der Waals surface area contributed by atoms with E-state index in [0.717, 1.165) is 26.9 Å². The normalized spacial score (nSPS) is 12.3. The number of amides is 1. The quantitative estimate of drug-likeness (QED) is 0.454. The smallest absolute Gasteiger partial charge is 0.233 e. The second-order valence-electron chi connectivity index (χ2n) is 7.63. The fraction of sp³-hybridized carbons (Fsp3) is 0.208. The van der Waals surface area contributed by atoms with E-state index in [1.54, 1.807) is 28.6 Å². The van der Waals surface area contributed by atoms with Gasteiger partial charge in [-0.2, -0.15) is 0 Å². The molecule has 0 unspecified atom stereocenters. The molecule has 1 aliphatic rings. The molecule has 0 saturated carbocycles. The van der Waals surface area contributed by atoms with E-state index in [1.165, 1.54) is 5.56 Å². The number of anilines is 1. The molecule has 2 aromatic carbocycles. The van der Waals surface area contributed by atoms with Crippen LogP contribution in [0.25, 0.3) is 10.2 Å². The van der Waals surface area contributed by atoms with Gasteiger partial charge in [0.15, 0.2) is 16.6 Å². The molecule has 0 N–H and O–H groups in total. The lowest BCUT2D eigenvalue weighted by Crippen LogP contribution is -2.31. The summed E-state index contributed by atoms with van der Waals surface area (Å²) in [5, 5.41) is 0.693. The Kier molecular flexibility index (Phi) is 5.03. The first-order chi connectivity index (χ1) is 15.1. The lowest BCUT2D eigenvalue weighted by Gasteiger charge is -2.20. The molecule has 0 saturated heterocycles. The Morgan fingerprint density at radius 3 is 2.81 bits per heavy atom. The maximum absolute atomic E-state index is 13.4. The van der Waals surface area contributed by atoms with Gasteiger partial charge < -0.3 is 9.47 Å². The fourth-order valence-electron chi connectivity index (χ4n) is 3.73. The molecule has 4 aromatic rings. The Morgan fingerprint density at radius 2 is 1.97 bits per heavy atom. The van der Waals surface area contributed by atoms with Crippen molar-refractivity contribution in [1.82, 2.24) is 9.97 Å². The number of benzene rings is 2. The van der Waals surface area contributed by atoms with Gasteiger partial charge >= 0.3 is 0 Å². The van der Waals surface area contributed by atoms with Crippen molar-refractivity contribution in [2.75, 3.05) is 11.7 Å². The van der Waals surface area contributed by atoms with Crippen molar-refractivity contribution in [2.24, 2.45) is 0 Å². The third-order valence-electron chi connectivity index (χ3n) is 5.21. The van der Waals surface area contributed by atoms with Crippen molar-refractivity contribution in [3.63, 3.8) is 0 Å². The number of hydrogen-bond acceptors (Lipinski definition) is 6. The first-order valence-electron chi connectivity index (χ1n) is 10.0. The van der Waals surface area contributed by atoms with E-state index in [9.17, 15) is 4.79 Å². The molecule has 7 heteroatoms. The predicted octanol–water partition coefficient (Wildman–Crippen LogP) is 4.81. The van der Waals surface area contributed by atoms with Crippen LogP contribution in [0.5, 0.6) is 11.5 Å². The van der Waals surface area contributed by atoms with Gasteiger partial charge in [-0.05, 0) is 60.4 Å². The highest BCUT2D eigenvalue weighted by atomic mass is 32.1. The van der Waals surface area contributed by atoms with E-state index in [2.05, 4.69) is 31.0 Å². The van der Waals surface area contributed by atoms with E-state index in [0.29, 0.717) is 23.2 Å². The Bertz CT molecular complexity index is 1270. The van der Waals surface area contributed by atoms with Crippen molar-refractivity contribution in [2.45, 2.75) is 26.8 Å². The van der Waals surface area contributed by atoms with Gasteiger partial charge in [-0.25, -0.2) is 4.98 Å². The summed E-state index contributed by atoms with van der Waals surface area (Å²) in [6.45, 7) is 4.75. The SMILES string of the molecule is Cc1cc(C)c2nc(N(Cc3cccnc3)C(=O)Cc3ccc4c(c3)OCO4)sc2c1. The number of fused-ring (bicyclic) bond motifs is 2. The molecular formula is C24H21N3O3S. The molecule has 1 amide bonds. The summed E-state index contributed by atoms with van der Waals surface area (Å²) < 4.78 is 11.9. The van der Waals surface area contributed by atoms with Crippen molar-refractivity contribution in [3.05, 3.63) is 77.1 Å². The summed E-state index contributed by atoms with van der Waals surface area (Å²) in [5.74, 6) is 1.35. The van der Waals surface area contributed by atoms with E-state index in [1.807, 2.05) is 30.3 Å². The highest BCUT2D eigenvalue weighted by molar-refractivity contribution is 7.22. The largest absolute Gasteiger partial charge is 0.454 e. The average Bonchev–Trinajstić information content (AvgIpc) is 3.39. The van der Waals surface area contributed by atoms with Crippen LogP contribution in [-0.4, -0.2) is 22.7 Å². The van der Waals surface area contributed by atoms with Gasteiger partial charge in [0.2, 0.25) is 12.7 Å². The number of carbonyl (C=O) groups excluding carboxylic acids is 1. The monoisotopic (exact) mass is 431 g/mol. The molecule has 0 atom stereocenters. The third kappa shape index (κ3) is 3.96. The second kappa shape index (κ2) is 8.00. The van der Waals surface area contributed by atoms with Crippen molar-refractivity contribution >= 4 is 32.6 Å². The molecule has 6 nitrogen and oxygen atoms in total. The number of aromatic nitrogens is 2. The predicted molar refractivity (Wildman–Crippen MR) is 121 cm³/mol. The zero-order valence-electron chi connectivity index (χ0n) is 17.3. The van der Waals surface area contributed by atoms with Gasteiger partial charge in [0.1, 0.15) is 0 Å². The zero-order chi connectivity index (χ0) is 21.4. The molecule has 0 bridgehead atoms. The summed E-state index contributed by atoms with van der Waals surface area (Å²) in [4.78, 5) is 24.2. The third-order valence-corrected chi connectivity index (χ3v) is 6.23. The lowest BCUT2D eigenvalue weighted by atomic mass is 10.1. The second-order valence-corrected chi connectivity index (χ2v) is 8.64. The van der Waals surface area contributed by atoms with Gasteiger partial charge in [0.25, 0.3) is 0 Å². The minimum absolute atomic E-state index is 0.0313. The molecule has 1 aliphatic heterocycles. The van der Waals surface area contributed by atoms with E-state index in [-0.39, 0.29) is 19.1 Å². The van der Waals surface area contributed by atoms with Crippen LogP contribution < -0.4 is 14.4 Å². The standard InChI is InChI=1S/C24H21N3O3S/c1-15-8-16(2)23-21(9-15)31-24(26-23)27(13-18-4-3-7-25-12-18)22(28)11-17-5-6-19-20(10-17)30-14-29-19/h3-10,12H,11,13-14H2,1-2H3. The highest BCUT2D eigenvalue weighted by Gasteiger charge is 2.22. The lowest BCUT2D eigenvalue weighted by molar-refractivity contribution is -0.118. The zero-order valence-corrected chi connectivity index (χ0v) is 18.1. The number of nitrogens with zero attached hydrogens (tertiary/aromatic N) is 3. The van der Waals surface area contributed by atoms with E-state index >= 15 is 0 Å². The Hall–Kier alpha value is -3.45. The van der Waals surface area contributed by atoms with Crippen molar-refractivity contribution < 1.29 is 14.3 Å². The molecular weight excluding hydrogens is 410 g/mol. The fourth-order valence-corrected chi connectivity index (χ4v) is 4.89. The van der Waals surface area contributed by atoms with Gasteiger partial charge in [-0.1, -0.05) is 29.5 Å². The summed E-state index contributed by atoms with van der Waals surface area (Å²) >= 11 is 1.54. The Morgan fingerprint density at radius 1 is 1.10 bits per heavy atom. The van der Waals surface area contributed by atoms with Crippen LogP contribution >= 0.6 is 11.3 Å². The van der Waals surface area contributed by atoms with Crippen molar-refractivity contribution in [1.29, 1.82) is 0 Å². The maximum Gasteiger partial charge on any atom is 0.233 e. The summed E-state index contributed by atoms with van der Waals surface area (Å²) in [5.41, 5.74) is 5.07. The van der Waals surface area contributed by atoms with Crippen LogP contribution in [0.1, 0.15) is 22.3 Å². The summed E-state index contributed by atoms with van der Waals surface area (Å²) in [6.07, 6.45) is 3.75. The molecule has 156 valence electrons. The molecule has 0 fully saturated rings. The first-order valence-corrected chi connectivity index (χ1v) is 10.8. The number of rotatable bonds is 5. The Labute approximate surface area is 184 Å². The number of hydrogen-bond donors (Lipinski definition) is 0. The van der Waals surface area contributed by atoms with Crippen LogP contribution in [0, 0.1) is 13.8 Å². The highest BCUT2D eigenvalue weighted by Crippen LogP contribution is 2.34. The van der Waals surface area contributed by atoms with Gasteiger partial charge in [-0.15, -0.1) is 0 Å². The van der Waals surface area contributed by atoms with Crippen LogP contribution in [-0.2, 0) is 17.8 Å². The minimum atomic E-state index is -0.0313. The van der Waals surface area contributed by atoms with Crippen LogP contribution in [0.15, 0.2) is 54.9 Å². The average molecular weight is 432 g/mol. The number of ether oxygens (including phenoxy) is 2. The van der Waals surface area contributed by atoms with Gasteiger partial charge in [0.05, 0.1) is 23.2 Å². The molecule has 2 aromatic heterocycles. The van der Waals surface area contributed by atoms with Crippen LogP contribution in [0.4, 0.5) is 5.13 Å². The van der Waals surface area contributed by atoms with Gasteiger partial charge in [-0.3, -0.25) is 14.7 Å². The van der Waals surface area contributed by atoms with Crippen molar-refractivity contribution in [3.8, 4) is 11.5 Å². The number of thiazole rings is 1. The molecule has 0 spiro atoms. The summed E-state index contributed by atoms with van der Waals surface area (Å²) in [6, 6.07) is 13.7. The molecule has 0 radical (unpaired) electrons. The first kappa shape index (κ1) is 19.5. The topological polar surface area (TPSA) is 64.6 Å². The van der Waals surface area contributed by atoms with Crippen LogP contribution in [0.2, 0.25) is 0 Å². The van der Waals surface area contributed by atoms with E-state index < -0.39 is 0 Å². The number of carbonyl (C=O) groups is 1. The Balaban J connectivity index is 1.49.